The lowest BCUT2D eigenvalue weighted by atomic mass is 9.85. The third-order valence-electron chi connectivity index (χ3n) is 6.88. The Bertz CT molecular complexity index is 865. The van der Waals surface area contributed by atoms with Gasteiger partial charge in [-0.05, 0) is 61.1 Å². The maximum atomic E-state index is 13.1. The largest absolute Gasteiger partial charge is 0.293 e. The van der Waals surface area contributed by atoms with Gasteiger partial charge in [0.15, 0.2) is 0 Å². The van der Waals surface area contributed by atoms with Gasteiger partial charge in [-0.3, -0.25) is 19.7 Å². The zero-order valence-electron chi connectivity index (χ0n) is 14.1. The maximum absolute atomic E-state index is 13.1. The van der Waals surface area contributed by atoms with Gasteiger partial charge in [-0.25, -0.2) is 4.90 Å². The van der Waals surface area contributed by atoms with Gasteiger partial charge in [0.05, 0.1) is 16.8 Å². The fourth-order valence-corrected chi connectivity index (χ4v) is 5.43. The number of nitrogens with zero attached hydrogens (tertiary/aromatic N) is 2. The minimum Gasteiger partial charge on any atom is -0.274 e. The van der Waals surface area contributed by atoms with Crippen molar-refractivity contribution in [2.75, 3.05) is 4.90 Å². The number of benzene rings is 1. The molecule has 25 heavy (non-hydrogen) atoms. The first-order valence-electron chi connectivity index (χ1n) is 8.68. The normalized spacial score (nSPS) is 33.4. The smallest absolute Gasteiger partial charge is 0.274 e. The van der Waals surface area contributed by atoms with E-state index in [-0.39, 0.29) is 52.3 Å². The second kappa shape index (κ2) is 4.36. The Labute approximate surface area is 144 Å². The summed E-state index contributed by atoms with van der Waals surface area (Å²) < 4.78 is 0. The molecule has 6 heteroatoms. The molecule has 1 aromatic rings. The highest BCUT2D eigenvalue weighted by molar-refractivity contribution is 6.24. The number of nitro benzene ring substituents is 1. The number of fused-ring (bicyclic) bond motifs is 3. The number of carbonyl (C=O) groups excluding carboxylic acids is 2. The predicted molar refractivity (Wildman–Crippen MR) is 89.8 cm³/mol. The summed E-state index contributed by atoms with van der Waals surface area (Å²) in [4.78, 5) is 38.3. The van der Waals surface area contributed by atoms with E-state index in [2.05, 4.69) is 12.2 Å². The SMILES string of the molecule is Cc1cc(N2C(=O)[C@@H]3[C@H](C2=O)[C@@H]2C=C[C@H]3C23CC3)c([N+](=O)[O-])cc1C. The van der Waals surface area contributed by atoms with Crippen LogP contribution in [0.5, 0.6) is 0 Å². The Morgan fingerprint density at radius 3 is 2.04 bits per heavy atom. The van der Waals surface area contributed by atoms with Gasteiger partial charge in [-0.2, -0.15) is 0 Å². The Morgan fingerprint density at radius 1 is 1.04 bits per heavy atom. The average molecular weight is 338 g/mol. The Hall–Kier alpha value is -2.50. The molecule has 1 aromatic carbocycles. The van der Waals surface area contributed by atoms with Crippen LogP contribution in [-0.4, -0.2) is 16.7 Å². The summed E-state index contributed by atoms with van der Waals surface area (Å²) in [5.41, 5.74) is 1.68. The average Bonchev–Trinajstić information content (AvgIpc) is 3.15. The third kappa shape index (κ3) is 1.60. The van der Waals surface area contributed by atoms with Gasteiger partial charge in [0.1, 0.15) is 5.69 Å². The highest BCUT2D eigenvalue weighted by Gasteiger charge is 2.73. The fraction of sp³-hybridized carbons (Fsp3) is 0.474. The maximum Gasteiger partial charge on any atom is 0.293 e. The summed E-state index contributed by atoms with van der Waals surface area (Å²) in [5.74, 6) is -0.963. The number of amides is 2. The molecule has 4 aliphatic rings. The number of allylic oxidation sites excluding steroid dienone is 2. The molecule has 0 radical (unpaired) electrons. The van der Waals surface area contributed by atoms with Crippen LogP contribution in [0.1, 0.15) is 24.0 Å². The first-order chi connectivity index (χ1) is 11.9. The van der Waals surface area contributed by atoms with Crippen LogP contribution in [0.15, 0.2) is 24.3 Å². The summed E-state index contributed by atoms with van der Waals surface area (Å²) in [6, 6.07) is 3.06. The fourth-order valence-electron chi connectivity index (χ4n) is 5.43. The number of aryl methyl sites for hydroxylation is 2. The Balaban J connectivity index is 1.62. The van der Waals surface area contributed by atoms with E-state index >= 15 is 0 Å². The highest BCUT2D eigenvalue weighted by atomic mass is 16.6. The quantitative estimate of drug-likeness (QED) is 0.359. The zero-order chi connectivity index (χ0) is 17.7. The number of carbonyl (C=O) groups is 2. The van der Waals surface area contributed by atoms with Gasteiger partial charge in [-0.15, -0.1) is 0 Å². The Morgan fingerprint density at radius 2 is 1.56 bits per heavy atom. The molecule has 3 fully saturated rings. The van der Waals surface area contributed by atoms with Crippen molar-refractivity contribution in [2.45, 2.75) is 26.7 Å². The molecule has 5 rings (SSSR count). The van der Waals surface area contributed by atoms with Crippen molar-refractivity contribution in [3.05, 3.63) is 45.5 Å². The van der Waals surface area contributed by atoms with Crippen LogP contribution in [-0.2, 0) is 9.59 Å². The van der Waals surface area contributed by atoms with Crippen molar-refractivity contribution in [1.29, 1.82) is 0 Å². The lowest BCUT2D eigenvalue weighted by molar-refractivity contribution is -0.384. The molecule has 3 aliphatic carbocycles. The summed E-state index contributed by atoms with van der Waals surface area (Å²) >= 11 is 0. The molecule has 0 unspecified atom stereocenters. The van der Waals surface area contributed by atoms with E-state index in [9.17, 15) is 19.7 Å². The molecule has 2 bridgehead atoms. The number of imide groups is 1. The van der Waals surface area contributed by atoms with Gasteiger partial charge < -0.3 is 0 Å². The van der Waals surface area contributed by atoms with E-state index in [0.29, 0.717) is 0 Å². The van der Waals surface area contributed by atoms with Crippen LogP contribution in [0.3, 0.4) is 0 Å². The lowest BCUT2D eigenvalue weighted by Crippen LogP contribution is -2.35. The standard InChI is InChI=1S/C19H18N2O4/c1-9-7-13(14(21(24)25)8-10(9)2)20-17(22)15-11-3-4-12(16(15)18(20)23)19(11)5-6-19/h3-4,7-8,11-12,15-16H,5-6H2,1-2H3/t11-,12+,15+,16-. The van der Waals surface area contributed by atoms with Crippen molar-refractivity contribution in [3.8, 4) is 0 Å². The number of hydrogen-bond donors (Lipinski definition) is 0. The van der Waals surface area contributed by atoms with E-state index in [0.717, 1.165) is 28.9 Å². The molecule has 1 saturated heterocycles. The van der Waals surface area contributed by atoms with Crippen LogP contribution in [0.2, 0.25) is 0 Å². The van der Waals surface area contributed by atoms with E-state index in [1.807, 2.05) is 6.92 Å². The number of rotatable bonds is 2. The third-order valence-corrected chi connectivity index (χ3v) is 6.88. The van der Waals surface area contributed by atoms with Crippen molar-refractivity contribution < 1.29 is 14.5 Å². The zero-order valence-corrected chi connectivity index (χ0v) is 14.1. The molecule has 1 heterocycles. The summed E-state index contributed by atoms with van der Waals surface area (Å²) in [5, 5.41) is 11.5. The van der Waals surface area contributed by atoms with Crippen LogP contribution in [0.4, 0.5) is 11.4 Å². The molecule has 2 amide bonds. The first kappa shape index (κ1) is 14.8. The first-order valence-corrected chi connectivity index (χ1v) is 8.68. The molecule has 4 atom stereocenters. The second-order valence-electron chi connectivity index (χ2n) is 7.92. The summed E-state index contributed by atoms with van der Waals surface area (Å²) in [6.45, 7) is 3.62. The van der Waals surface area contributed by atoms with E-state index in [4.69, 9.17) is 0 Å². The Kier molecular flexibility index (Phi) is 2.59. The number of nitro groups is 1. The van der Waals surface area contributed by atoms with E-state index in [1.165, 1.54) is 6.07 Å². The molecule has 128 valence electrons. The van der Waals surface area contributed by atoms with Crippen molar-refractivity contribution >= 4 is 23.2 Å². The van der Waals surface area contributed by atoms with Crippen molar-refractivity contribution in [1.82, 2.24) is 0 Å². The van der Waals surface area contributed by atoms with E-state index < -0.39 is 4.92 Å². The molecule has 0 N–H and O–H groups in total. The minimum atomic E-state index is -0.508. The monoisotopic (exact) mass is 338 g/mol. The van der Waals surface area contributed by atoms with Gasteiger partial charge in [-0.1, -0.05) is 12.2 Å². The van der Waals surface area contributed by atoms with E-state index in [1.54, 1.807) is 13.0 Å². The molecule has 2 saturated carbocycles. The molecule has 1 spiro atoms. The van der Waals surface area contributed by atoms with Crippen LogP contribution >= 0.6 is 0 Å². The summed E-state index contributed by atoms with van der Waals surface area (Å²) in [7, 11) is 0. The second-order valence-corrected chi connectivity index (χ2v) is 7.92. The topological polar surface area (TPSA) is 80.5 Å². The van der Waals surface area contributed by atoms with Gasteiger partial charge in [0.2, 0.25) is 11.8 Å². The van der Waals surface area contributed by atoms with Crippen molar-refractivity contribution in [2.24, 2.45) is 29.1 Å². The summed E-state index contributed by atoms with van der Waals surface area (Å²) in [6.07, 6.45) is 6.35. The van der Waals surface area contributed by atoms with Crippen LogP contribution in [0, 0.1) is 53.0 Å². The number of anilines is 1. The molecule has 1 aliphatic heterocycles. The predicted octanol–water partition coefficient (Wildman–Crippen LogP) is 2.91. The van der Waals surface area contributed by atoms with Crippen LogP contribution in [0.25, 0.3) is 0 Å². The molecular weight excluding hydrogens is 320 g/mol. The number of hydrogen-bond acceptors (Lipinski definition) is 4. The highest BCUT2D eigenvalue weighted by Crippen LogP contribution is 2.73. The van der Waals surface area contributed by atoms with Crippen LogP contribution < -0.4 is 4.90 Å². The molecular formula is C19H18N2O4. The van der Waals surface area contributed by atoms with Gasteiger partial charge in [0, 0.05) is 6.07 Å². The lowest BCUT2D eigenvalue weighted by Gasteiger charge is -2.22. The van der Waals surface area contributed by atoms with Gasteiger partial charge >= 0.3 is 0 Å². The molecule has 6 nitrogen and oxygen atoms in total. The minimum absolute atomic E-state index is 0.120. The van der Waals surface area contributed by atoms with Crippen molar-refractivity contribution in [3.63, 3.8) is 0 Å². The van der Waals surface area contributed by atoms with Gasteiger partial charge in [0.25, 0.3) is 5.69 Å². The molecule has 0 aromatic heterocycles.